The van der Waals surface area contributed by atoms with Crippen LogP contribution in [0.5, 0.6) is 5.75 Å². The van der Waals surface area contributed by atoms with Crippen LogP contribution >= 0.6 is 0 Å². The van der Waals surface area contributed by atoms with Crippen molar-refractivity contribution in [1.82, 2.24) is 0 Å². The lowest BCUT2D eigenvalue weighted by molar-refractivity contribution is -0.114. The first-order valence-electron chi connectivity index (χ1n) is 9.84. The molecule has 0 aliphatic heterocycles. The van der Waals surface area contributed by atoms with Crippen molar-refractivity contribution in [3.05, 3.63) is 46.5 Å². The second-order valence-electron chi connectivity index (χ2n) is 7.01. The highest BCUT2D eigenvalue weighted by Crippen LogP contribution is 2.42. The number of fused-ring (bicyclic) bond motifs is 2. The van der Waals surface area contributed by atoms with Gasteiger partial charge in [0.05, 0.1) is 34.7 Å². The van der Waals surface area contributed by atoms with E-state index in [1.54, 1.807) is 18.2 Å². The molecule has 2 aromatic carbocycles. The van der Waals surface area contributed by atoms with Crippen molar-refractivity contribution in [2.24, 2.45) is 0 Å². The fourth-order valence-corrected chi connectivity index (χ4v) is 3.50. The highest BCUT2D eigenvalue weighted by atomic mass is 16.5. The van der Waals surface area contributed by atoms with E-state index in [2.05, 4.69) is 10.6 Å². The maximum atomic E-state index is 13.5. The molecule has 3 rings (SSSR count). The number of ketones is 2. The highest BCUT2D eigenvalue weighted by molar-refractivity contribution is 6.34. The summed E-state index contributed by atoms with van der Waals surface area (Å²) in [6.07, 6.45) is 1.81. The van der Waals surface area contributed by atoms with Crippen molar-refractivity contribution in [3.8, 4) is 5.75 Å². The van der Waals surface area contributed by atoms with E-state index in [-0.39, 0.29) is 58.5 Å². The van der Waals surface area contributed by atoms with Gasteiger partial charge in [0.1, 0.15) is 12.4 Å². The number of carbonyl (C=O) groups excluding carboxylic acids is 3. The first-order valence-corrected chi connectivity index (χ1v) is 9.84. The Morgan fingerprint density at radius 3 is 2.57 bits per heavy atom. The van der Waals surface area contributed by atoms with E-state index in [1.807, 2.05) is 6.92 Å². The third-order valence-electron chi connectivity index (χ3n) is 4.83. The van der Waals surface area contributed by atoms with E-state index in [9.17, 15) is 14.4 Å². The number of carbonyl (C=O) groups is 3. The second-order valence-corrected chi connectivity index (χ2v) is 7.01. The van der Waals surface area contributed by atoms with Crippen molar-refractivity contribution in [1.29, 1.82) is 0 Å². The number of hydrogen-bond donors (Lipinski definition) is 4. The van der Waals surface area contributed by atoms with Crippen LogP contribution in [-0.2, 0) is 4.79 Å². The molecule has 1 amide bonds. The van der Waals surface area contributed by atoms with Crippen molar-refractivity contribution >= 4 is 34.5 Å². The number of anilines is 3. The Morgan fingerprint density at radius 1 is 1.13 bits per heavy atom. The van der Waals surface area contributed by atoms with Crippen molar-refractivity contribution in [2.75, 3.05) is 36.1 Å². The van der Waals surface area contributed by atoms with Gasteiger partial charge in [-0.15, -0.1) is 0 Å². The molecular formula is C22H25N3O5. The minimum atomic E-state index is -0.419. The van der Waals surface area contributed by atoms with Gasteiger partial charge in [-0.3, -0.25) is 14.4 Å². The molecule has 8 heteroatoms. The van der Waals surface area contributed by atoms with Gasteiger partial charge in [0.2, 0.25) is 5.91 Å². The zero-order chi connectivity index (χ0) is 21.8. The van der Waals surface area contributed by atoms with Gasteiger partial charge in [-0.05, 0) is 12.5 Å². The molecule has 0 aromatic heterocycles. The minimum absolute atomic E-state index is 0.00277. The second kappa shape index (κ2) is 8.96. The van der Waals surface area contributed by atoms with Crippen molar-refractivity contribution in [3.63, 3.8) is 0 Å². The summed E-state index contributed by atoms with van der Waals surface area (Å²) < 4.78 is 5.51. The number of nitrogens with two attached hydrogens (primary N) is 1. The van der Waals surface area contributed by atoms with E-state index < -0.39 is 11.6 Å². The maximum Gasteiger partial charge on any atom is 0.221 e. The molecule has 0 unspecified atom stereocenters. The number of hydrogen-bond acceptors (Lipinski definition) is 7. The number of amides is 1. The lowest BCUT2D eigenvalue weighted by atomic mass is 9.81. The molecular weight excluding hydrogens is 386 g/mol. The quantitative estimate of drug-likeness (QED) is 0.331. The largest absolute Gasteiger partial charge is 0.489 e. The first-order chi connectivity index (χ1) is 14.4. The highest BCUT2D eigenvalue weighted by Gasteiger charge is 2.36. The summed E-state index contributed by atoms with van der Waals surface area (Å²) in [6.45, 7) is 3.76. The molecule has 30 heavy (non-hydrogen) atoms. The number of ether oxygens (including phenoxy) is 1. The zero-order valence-corrected chi connectivity index (χ0v) is 17.0. The van der Waals surface area contributed by atoms with Crippen molar-refractivity contribution < 1.29 is 24.2 Å². The van der Waals surface area contributed by atoms with Gasteiger partial charge in [0.25, 0.3) is 0 Å². The smallest absolute Gasteiger partial charge is 0.221 e. The van der Waals surface area contributed by atoms with Gasteiger partial charge in [0.15, 0.2) is 11.6 Å². The molecule has 2 aromatic rings. The van der Waals surface area contributed by atoms with Gasteiger partial charge in [0, 0.05) is 30.8 Å². The number of benzene rings is 2. The molecule has 0 heterocycles. The van der Waals surface area contributed by atoms with Gasteiger partial charge >= 0.3 is 0 Å². The van der Waals surface area contributed by atoms with E-state index in [1.165, 1.54) is 13.0 Å². The van der Waals surface area contributed by atoms with E-state index in [0.717, 1.165) is 12.8 Å². The topological polar surface area (TPSA) is 131 Å². The monoisotopic (exact) mass is 411 g/mol. The average molecular weight is 411 g/mol. The van der Waals surface area contributed by atoms with E-state index >= 15 is 0 Å². The van der Waals surface area contributed by atoms with Gasteiger partial charge < -0.3 is 26.2 Å². The van der Waals surface area contributed by atoms with Gasteiger partial charge in [-0.1, -0.05) is 25.5 Å². The molecule has 1 aliphatic rings. The molecule has 0 saturated carbocycles. The Hall–Kier alpha value is -3.39. The summed E-state index contributed by atoms with van der Waals surface area (Å²) in [5, 5.41) is 14.9. The summed E-state index contributed by atoms with van der Waals surface area (Å²) in [5.74, 6) is -0.937. The fourth-order valence-electron chi connectivity index (χ4n) is 3.50. The van der Waals surface area contributed by atoms with E-state index in [4.69, 9.17) is 15.6 Å². The Labute approximate surface area is 174 Å². The van der Waals surface area contributed by atoms with Gasteiger partial charge in [-0.25, -0.2) is 0 Å². The Kier molecular flexibility index (Phi) is 6.37. The average Bonchev–Trinajstić information content (AvgIpc) is 2.71. The van der Waals surface area contributed by atoms with Crippen LogP contribution in [0.25, 0.3) is 0 Å². The molecule has 0 fully saturated rings. The molecule has 0 radical (unpaired) electrons. The summed E-state index contributed by atoms with van der Waals surface area (Å²) in [6, 6.07) is 6.30. The molecule has 0 spiro atoms. The third-order valence-corrected chi connectivity index (χ3v) is 4.83. The number of nitrogens with one attached hydrogen (secondary N) is 2. The van der Waals surface area contributed by atoms with Crippen LogP contribution in [0.2, 0.25) is 0 Å². The number of nitrogen functional groups attached to an aromatic ring is 1. The normalized spacial score (nSPS) is 12.2. The summed E-state index contributed by atoms with van der Waals surface area (Å²) in [4.78, 5) is 38.4. The summed E-state index contributed by atoms with van der Waals surface area (Å²) >= 11 is 0. The molecule has 0 saturated heterocycles. The summed E-state index contributed by atoms with van der Waals surface area (Å²) in [7, 11) is 0. The Balaban J connectivity index is 2.21. The van der Waals surface area contributed by atoms with Crippen LogP contribution in [0.4, 0.5) is 17.1 Å². The Morgan fingerprint density at radius 2 is 1.90 bits per heavy atom. The van der Waals surface area contributed by atoms with Crippen LogP contribution in [-0.4, -0.2) is 42.3 Å². The van der Waals surface area contributed by atoms with Crippen LogP contribution in [0.1, 0.15) is 58.5 Å². The minimum Gasteiger partial charge on any atom is -0.489 e. The number of unbranched alkanes of at least 4 members (excludes halogenated alkanes) is 1. The van der Waals surface area contributed by atoms with Crippen molar-refractivity contribution in [2.45, 2.75) is 26.7 Å². The molecule has 0 bridgehead atoms. The lowest BCUT2D eigenvalue weighted by Crippen LogP contribution is -2.26. The maximum absolute atomic E-state index is 13.5. The predicted octanol–water partition coefficient (Wildman–Crippen LogP) is 2.59. The summed E-state index contributed by atoms with van der Waals surface area (Å²) in [5.41, 5.74) is 7.53. The fraction of sp³-hybridized carbons (Fsp3) is 0.318. The van der Waals surface area contributed by atoms with E-state index in [0.29, 0.717) is 12.2 Å². The molecule has 8 nitrogen and oxygen atoms in total. The molecule has 0 atom stereocenters. The van der Waals surface area contributed by atoms with Crippen LogP contribution in [0.15, 0.2) is 24.3 Å². The Bertz CT molecular complexity index is 1020. The van der Waals surface area contributed by atoms with Gasteiger partial charge in [-0.2, -0.15) is 0 Å². The molecule has 5 N–H and O–H groups in total. The third kappa shape index (κ3) is 3.86. The standard InChI is InChI=1S/C22H25N3O5/c1-3-4-8-24-15-11-16(30-10-9-26)20(23)19-18(15)22(29)17-13(21(19)28)6-5-7-14(17)25-12(2)27/h5-7,11,24,26H,3-4,8-10,23H2,1-2H3,(H,25,27). The zero-order valence-electron chi connectivity index (χ0n) is 17.0. The molecule has 158 valence electrons. The predicted molar refractivity (Wildman–Crippen MR) is 114 cm³/mol. The van der Waals surface area contributed by atoms with Crippen LogP contribution in [0, 0.1) is 0 Å². The number of aliphatic hydroxyl groups is 1. The number of rotatable bonds is 8. The number of aliphatic hydroxyl groups excluding tert-OH is 1. The lowest BCUT2D eigenvalue weighted by Gasteiger charge is -2.25. The van der Waals surface area contributed by atoms with Crippen LogP contribution < -0.4 is 21.1 Å². The SMILES string of the molecule is CCCCNc1cc(OCCO)c(N)c2c1C(=O)c1c(NC(C)=O)cccc1C2=O. The molecule has 1 aliphatic carbocycles. The van der Waals surface area contributed by atoms with Crippen LogP contribution in [0.3, 0.4) is 0 Å². The first kappa shape index (κ1) is 21.3.